The Morgan fingerprint density at radius 1 is 0.807 bits per heavy atom. The molecule has 0 spiro atoms. The number of halogens is 1. The Hall–Kier alpha value is -3.86. The number of carboxylic acids is 1. The molecule has 57 heavy (non-hydrogen) atoms. The highest BCUT2D eigenvalue weighted by molar-refractivity contribution is 9.10. The number of carboxylic acid groups (broad SMARTS) is 1. The van der Waals surface area contributed by atoms with E-state index in [-0.39, 0.29) is 31.6 Å². The predicted octanol–water partition coefficient (Wildman–Crippen LogP) is 2.82. The van der Waals surface area contributed by atoms with Gasteiger partial charge in [0.25, 0.3) is 0 Å². The molecule has 0 radical (unpaired) electrons. The Balaban J connectivity index is 2.44. The van der Waals surface area contributed by atoms with Crippen molar-refractivity contribution in [2.24, 2.45) is 23.1 Å². The number of rotatable bonds is 27. The van der Waals surface area contributed by atoms with Gasteiger partial charge < -0.3 is 48.9 Å². The molecule has 0 aromatic heterocycles. The molecule has 12 N–H and O–H groups in total. The fourth-order valence-corrected chi connectivity index (χ4v) is 7.15. The van der Waals surface area contributed by atoms with Crippen LogP contribution in [-0.2, 0) is 35.2 Å². The number of aliphatic carboxylic acids is 1. The third-order valence-electron chi connectivity index (χ3n) is 10.4. The van der Waals surface area contributed by atoms with E-state index in [1.165, 1.54) is 6.92 Å². The van der Waals surface area contributed by atoms with E-state index in [9.17, 15) is 33.9 Å². The van der Waals surface area contributed by atoms with E-state index in [4.69, 9.17) is 17.2 Å². The molecule has 0 bridgehead atoms. The number of unbranched alkanes of at least 4 members (excludes halogenated alkanes) is 3. The van der Waals surface area contributed by atoms with Gasteiger partial charge in [0, 0.05) is 10.9 Å². The maximum atomic E-state index is 14.4. The Bertz CT molecular complexity index is 1470. The largest absolute Gasteiger partial charge is 0.480 e. The maximum absolute atomic E-state index is 14.4. The second-order valence-electron chi connectivity index (χ2n) is 15.4. The zero-order valence-electron chi connectivity index (χ0n) is 34.0. The van der Waals surface area contributed by atoms with Gasteiger partial charge in [-0.05, 0) is 122 Å². The first kappa shape index (κ1) is 49.3. The van der Waals surface area contributed by atoms with Crippen molar-refractivity contribution in [2.45, 2.75) is 153 Å². The van der Waals surface area contributed by atoms with Gasteiger partial charge in [-0.2, -0.15) is 0 Å². The number of allylic oxidation sites excluding steroid dienone is 2. The number of carbonyl (C=O) groups is 6. The van der Waals surface area contributed by atoms with E-state index in [0.29, 0.717) is 58.0 Å². The summed E-state index contributed by atoms with van der Waals surface area (Å²) in [4.78, 5) is 81.1. The molecule has 1 aromatic rings. The minimum atomic E-state index is -1.56. The predicted molar refractivity (Wildman–Crippen MR) is 224 cm³/mol. The number of carbonyl (C=O) groups excluding carboxylic acids is 5. The first-order chi connectivity index (χ1) is 27.1. The highest BCUT2D eigenvalue weighted by atomic mass is 79.9. The Kier molecular flexibility index (Phi) is 22.7. The molecule has 1 aliphatic rings. The Morgan fingerprint density at radius 2 is 1.35 bits per heavy atom. The van der Waals surface area contributed by atoms with E-state index in [0.717, 1.165) is 35.7 Å². The van der Waals surface area contributed by atoms with Crippen molar-refractivity contribution in [1.82, 2.24) is 26.6 Å². The molecule has 1 fully saturated rings. The summed E-state index contributed by atoms with van der Waals surface area (Å²) < 4.78 is 0.821. The van der Waals surface area contributed by atoms with Crippen molar-refractivity contribution in [3.05, 3.63) is 46.5 Å². The summed E-state index contributed by atoms with van der Waals surface area (Å²) >= 11 is 3.42. The molecule has 320 valence electrons. The Labute approximate surface area is 346 Å². The molecule has 0 aliphatic heterocycles. The molecular weight excluding hydrogens is 796 g/mol. The van der Waals surface area contributed by atoms with Crippen LogP contribution in [0.3, 0.4) is 0 Å². The minimum absolute atomic E-state index is 0.0552. The van der Waals surface area contributed by atoms with Gasteiger partial charge in [-0.3, -0.25) is 24.0 Å². The van der Waals surface area contributed by atoms with Crippen LogP contribution in [0.5, 0.6) is 0 Å². The third kappa shape index (κ3) is 18.1. The monoisotopic (exact) mass is 862 g/mol. The molecule has 0 saturated heterocycles. The quantitative estimate of drug-likeness (QED) is 0.0462. The molecule has 2 rings (SSSR count). The zero-order valence-corrected chi connectivity index (χ0v) is 35.5. The van der Waals surface area contributed by atoms with Crippen LogP contribution in [0.25, 0.3) is 0 Å². The fourth-order valence-electron chi connectivity index (χ4n) is 6.89. The lowest BCUT2D eigenvalue weighted by atomic mass is 9.91. The number of amides is 5. The molecule has 15 nitrogen and oxygen atoms in total. The van der Waals surface area contributed by atoms with E-state index in [1.54, 1.807) is 19.1 Å². The summed E-state index contributed by atoms with van der Waals surface area (Å²) in [5, 5.41) is 24.0. The van der Waals surface area contributed by atoms with Crippen LogP contribution in [-0.4, -0.2) is 89.4 Å². The van der Waals surface area contributed by atoms with E-state index < -0.39 is 71.3 Å². The molecule has 16 heteroatoms. The van der Waals surface area contributed by atoms with Crippen molar-refractivity contribution < 1.29 is 33.9 Å². The van der Waals surface area contributed by atoms with Crippen molar-refractivity contribution in [1.29, 1.82) is 0 Å². The molecule has 1 saturated carbocycles. The third-order valence-corrected chi connectivity index (χ3v) is 10.9. The van der Waals surface area contributed by atoms with Crippen molar-refractivity contribution in [3.8, 4) is 0 Å². The van der Waals surface area contributed by atoms with Gasteiger partial charge in [0.05, 0.1) is 6.04 Å². The van der Waals surface area contributed by atoms with Crippen LogP contribution in [0.4, 0.5) is 0 Å². The lowest BCUT2D eigenvalue weighted by molar-refractivity contribution is -0.143. The standard InChI is InChI=1S/C41H67BrN8O7/c1-4-5-6-11-22-41(3,50-38(54)32(17-10-13-24-44)47-36(52)31(16-9-12-23-43)46-35(51)27(2)45)40(57)49-33(25-29-18-20-30(42)21-19-29)37(53)48-34(39(55)56)26-28-14-7-8-15-28/h4-5,18-21,27-28,31-34H,6-17,22-26,43-45H2,1-3H3,(H,46,51)(H,47,52)(H,48,53)(H,49,57)(H,50,54)(H,55,56)/b5-4-/t27-,31-,32-,33-,34-,41?/m0/s1. The molecule has 6 atom stereocenters. The summed E-state index contributed by atoms with van der Waals surface area (Å²) in [6, 6.07) is 1.97. The SMILES string of the molecule is C/C=C\CCCC(C)(NC(=O)[C@H](CCCCN)NC(=O)[C@H](CCCCN)NC(=O)[C@H](C)N)C(=O)N[C@@H](Cc1ccc(Br)cc1)C(=O)N[C@@H](CC1CCCC1)C(=O)O. The van der Waals surface area contributed by atoms with E-state index in [2.05, 4.69) is 42.5 Å². The molecule has 0 heterocycles. The second-order valence-corrected chi connectivity index (χ2v) is 16.3. The average Bonchev–Trinajstić information content (AvgIpc) is 3.69. The summed E-state index contributed by atoms with van der Waals surface area (Å²) in [7, 11) is 0. The lowest BCUT2D eigenvalue weighted by Crippen LogP contribution is -2.64. The smallest absolute Gasteiger partial charge is 0.326 e. The molecule has 1 aliphatic carbocycles. The van der Waals surface area contributed by atoms with Crippen molar-refractivity contribution >= 4 is 51.4 Å². The van der Waals surface area contributed by atoms with E-state index >= 15 is 0 Å². The first-order valence-electron chi connectivity index (χ1n) is 20.4. The zero-order chi connectivity index (χ0) is 42.4. The topological polar surface area (TPSA) is 261 Å². The fraction of sp³-hybridized carbons (Fsp3) is 0.659. The van der Waals surface area contributed by atoms with Crippen LogP contribution in [0.15, 0.2) is 40.9 Å². The first-order valence-corrected chi connectivity index (χ1v) is 21.2. The number of nitrogens with one attached hydrogen (secondary N) is 5. The molecular formula is C41H67BrN8O7. The van der Waals surface area contributed by atoms with Crippen LogP contribution in [0.2, 0.25) is 0 Å². The number of nitrogens with two attached hydrogens (primary N) is 3. The van der Waals surface area contributed by atoms with Gasteiger partial charge in [0.1, 0.15) is 29.7 Å². The van der Waals surface area contributed by atoms with Crippen LogP contribution >= 0.6 is 15.9 Å². The average molecular weight is 864 g/mol. The molecule has 1 unspecified atom stereocenters. The highest BCUT2D eigenvalue weighted by Crippen LogP contribution is 2.29. The second kappa shape index (κ2) is 26.2. The van der Waals surface area contributed by atoms with Gasteiger partial charge in [-0.15, -0.1) is 0 Å². The summed E-state index contributed by atoms with van der Waals surface area (Å²) in [5.41, 5.74) is 16.3. The van der Waals surface area contributed by atoms with Gasteiger partial charge in [-0.25, -0.2) is 4.79 Å². The van der Waals surface area contributed by atoms with Gasteiger partial charge >= 0.3 is 5.97 Å². The van der Waals surface area contributed by atoms with Gasteiger partial charge in [0.15, 0.2) is 0 Å². The van der Waals surface area contributed by atoms with Crippen LogP contribution in [0.1, 0.15) is 116 Å². The summed E-state index contributed by atoms with van der Waals surface area (Å²) in [5.74, 6) is -3.99. The number of hydrogen-bond acceptors (Lipinski definition) is 9. The summed E-state index contributed by atoms with van der Waals surface area (Å²) in [6.07, 6.45) is 12.0. The number of hydrogen-bond donors (Lipinski definition) is 9. The van der Waals surface area contributed by atoms with Crippen LogP contribution < -0.4 is 43.8 Å². The Morgan fingerprint density at radius 3 is 1.89 bits per heavy atom. The lowest BCUT2D eigenvalue weighted by Gasteiger charge is -2.34. The van der Waals surface area contributed by atoms with Gasteiger partial charge in [0.2, 0.25) is 29.5 Å². The normalized spacial score (nSPS) is 16.8. The van der Waals surface area contributed by atoms with Crippen LogP contribution in [0, 0.1) is 5.92 Å². The van der Waals surface area contributed by atoms with Crippen molar-refractivity contribution in [3.63, 3.8) is 0 Å². The highest BCUT2D eigenvalue weighted by Gasteiger charge is 2.39. The minimum Gasteiger partial charge on any atom is -0.480 e. The molecule has 1 aromatic carbocycles. The van der Waals surface area contributed by atoms with E-state index in [1.807, 2.05) is 31.2 Å². The summed E-state index contributed by atoms with van der Waals surface area (Å²) in [6.45, 7) is 5.72. The van der Waals surface area contributed by atoms with Gasteiger partial charge in [-0.1, -0.05) is 65.9 Å². The maximum Gasteiger partial charge on any atom is 0.326 e. The number of benzene rings is 1. The molecule has 5 amide bonds. The van der Waals surface area contributed by atoms with Crippen molar-refractivity contribution in [2.75, 3.05) is 13.1 Å².